The molecule has 0 radical (unpaired) electrons. The zero-order valence-electron chi connectivity index (χ0n) is 12.1. The number of rotatable bonds is 5. The standard InChI is InChI=1S/C16H18FN3O/c1-11(2)20-13-7-8-15(18-10-13)16(21)19-9-12-5-3-4-6-14(12)17/h3-8,10-11,20H,9H2,1-2H3,(H,19,21). The van der Waals surface area contributed by atoms with Crippen LogP contribution in [0.2, 0.25) is 0 Å². The molecule has 0 aliphatic carbocycles. The van der Waals surface area contributed by atoms with E-state index in [2.05, 4.69) is 15.6 Å². The van der Waals surface area contributed by atoms with E-state index in [1.165, 1.54) is 6.07 Å². The van der Waals surface area contributed by atoms with E-state index in [0.29, 0.717) is 17.3 Å². The maximum absolute atomic E-state index is 13.4. The van der Waals surface area contributed by atoms with Crippen LogP contribution in [-0.4, -0.2) is 16.9 Å². The van der Waals surface area contributed by atoms with Gasteiger partial charge in [-0.05, 0) is 32.0 Å². The van der Waals surface area contributed by atoms with Crippen LogP contribution < -0.4 is 10.6 Å². The second kappa shape index (κ2) is 6.83. The molecule has 0 unspecified atom stereocenters. The number of nitrogens with zero attached hydrogens (tertiary/aromatic N) is 1. The van der Waals surface area contributed by atoms with Crippen LogP contribution in [0.1, 0.15) is 29.9 Å². The molecule has 0 fully saturated rings. The molecular weight excluding hydrogens is 269 g/mol. The first-order valence-electron chi connectivity index (χ1n) is 6.80. The van der Waals surface area contributed by atoms with Gasteiger partial charge < -0.3 is 10.6 Å². The van der Waals surface area contributed by atoms with Crippen molar-refractivity contribution in [1.29, 1.82) is 0 Å². The van der Waals surface area contributed by atoms with Gasteiger partial charge in [-0.1, -0.05) is 18.2 Å². The molecule has 2 rings (SSSR count). The summed E-state index contributed by atoms with van der Waals surface area (Å²) in [5.41, 5.74) is 1.61. The van der Waals surface area contributed by atoms with Crippen molar-refractivity contribution in [2.75, 3.05) is 5.32 Å². The second-order valence-electron chi connectivity index (χ2n) is 5.01. The Morgan fingerprint density at radius 3 is 2.62 bits per heavy atom. The molecule has 1 heterocycles. The lowest BCUT2D eigenvalue weighted by Gasteiger charge is -2.10. The average Bonchev–Trinajstić information content (AvgIpc) is 2.46. The van der Waals surface area contributed by atoms with Crippen LogP contribution in [-0.2, 0) is 6.54 Å². The van der Waals surface area contributed by atoms with Crippen LogP contribution in [0.4, 0.5) is 10.1 Å². The molecule has 2 aromatic rings. The Labute approximate surface area is 123 Å². The number of carbonyl (C=O) groups excluding carboxylic acids is 1. The van der Waals surface area contributed by atoms with Crippen LogP contribution in [0, 0.1) is 5.82 Å². The summed E-state index contributed by atoms with van der Waals surface area (Å²) >= 11 is 0. The molecule has 0 aliphatic heterocycles. The zero-order chi connectivity index (χ0) is 15.2. The Morgan fingerprint density at radius 1 is 1.24 bits per heavy atom. The SMILES string of the molecule is CC(C)Nc1ccc(C(=O)NCc2ccccc2F)nc1. The Balaban J connectivity index is 1.96. The average molecular weight is 287 g/mol. The molecule has 4 nitrogen and oxygen atoms in total. The molecule has 0 saturated carbocycles. The number of benzene rings is 1. The van der Waals surface area contributed by atoms with Gasteiger partial charge in [-0.3, -0.25) is 4.79 Å². The Morgan fingerprint density at radius 2 is 2.00 bits per heavy atom. The van der Waals surface area contributed by atoms with Crippen molar-refractivity contribution in [1.82, 2.24) is 10.3 Å². The van der Waals surface area contributed by atoms with E-state index in [9.17, 15) is 9.18 Å². The minimum absolute atomic E-state index is 0.138. The van der Waals surface area contributed by atoms with Gasteiger partial charge in [0.2, 0.25) is 0 Å². The van der Waals surface area contributed by atoms with Gasteiger partial charge in [0.15, 0.2) is 0 Å². The monoisotopic (exact) mass is 287 g/mol. The van der Waals surface area contributed by atoms with Crippen molar-refractivity contribution in [2.45, 2.75) is 26.4 Å². The number of amides is 1. The van der Waals surface area contributed by atoms with Crippen LogP contribution in [0.3, 0.4) is 0 Å². The molecular formula is C16H18FN3O. The van der Waals surface area contributed by atoms with Crippen molar-refractivity contribution in [3.63, 3.8) is 0 Å². The molecule has 1 aromatic carbocycles. The molecule has 110 valence electrons. The molecule has 1 aromatic heterocycles. The predicted molar refractivity (Wildman–Crippen MR) is 80.6 cm³/mol. The zero-order valence-corrected chi connectivity index (χ0v) is 12.1. The summed E-state index contributed by atoms with van der Waals surface area (Å²) in [5.74, 6) is -0.656. The van der Waals surface area contributed by atoms with E-state index in [4.69, 9.17) is 0 Å². The van der Waals surface area contributed by atoms with E-state index in [1.54, 1.807) is 36.5 Å². The summed E-state index contributed by atoms with van der Waals surface area (Å²) in [7, 11) is 0. The van der Waals surface area contributed by atoms with Crippen molar-refractivity contribution in [3.05, 3.63) is 59.7 Å². The smallest absolute Gasteiger partial charge is 0.270 e. The largest absolute Gasteiger partial charge is 0.382 e. The van der Waals surface area contributed by atoms with Gasteiger partial charge in [-0.25, -0.2) is 9.37 Å². The lowest BCUT2D eigenvalue weighted by atomic mass is 10.2. The van der Waals surface area contributed by atoms with Crippen molar-refractivity contribution in [2.24, 2.45) is 0 Å². The van der Waals surface area contributed by atoms with Gasteiger partial charge in [-0.2, -0.15) is 0 Å². The number of halogens is 1. The van der Waals surface area contributed by atoms with E-state index in [-0.39, 0.29) is 18.3 Å². The number of pyridine rings is 1. The maximum Gasteiger partial charge on any atom is 0.270 e. The summed E-state index contributed by atoms with van der Waals surface area (Å²) in [4.78, 5) is 16.0. The summed E-state index contributed by atoms with van der Waals surface area (Å²) < 4.78 is 13.4. The fraction of sp³-hybridized carbons (Fsp3) is 0.250. The third-order valence-electron chi connectivity index (χ3n) is 2.85. The molecule has 0 atom stereocenters. The highest BCUT2D eigenvalue weighted by molar-refractivity contribution is 5.92. The minimum atomic E-state index is -0.331. The fourth-order valence-electron chi connectivity index (χ4n) is 1.85. The molecule has 21 heavy (non-hydrogen) atoms. The highest BCUT2D eigenvalue weighted by Gasteiger charge is 2.08. The molecule has 5 heteroatoms. The van der Waals surface area contributed by atoms with Gasteiger partial charge in [0.25, 0.3) is 5.91 Å². The van der Waals surface area contributed by atoms with E-state index in [0.717, 1.165) is 5.69 Å². The van der Waals surface area contributed by atoms with Gasteiger partial charge in [0, 0.05) is 18.2 Å². The van der Waals surface area contributed by atoms with E-state index >= 15 is 0 Å². The molecule has 0 saturated heterocycles. The number of nitrogens with one attached hydrogen (secondary N) is 2. The highest BCUT2D eigenvalue weighted by atomic mass is 19.1. The minimum Gasteiger partial charge on any atom is -0.382 e. The number of hydrogen-bond acceptors (Lipinski definition) is 3. The van der Waals surface area contributed by atoms with Gasteiger partial charge in [0.05, 0.1) is 11.9 Å². The Kier molecular flexibility index (Phi) is 4.87. The normalized spacial score (nSPS) is 10.5. The third kappa shape index (κ3) is 4.27. The number of anilines is 1. The highest BCUT2D eigenvalue weighted by Crippen LogP contribution is 2.09. The Hall–Kier alpha value is -2.43. The number of aromatic nitrogens is 1. The molecule has 2 N–H and O–H groups in total. The molecule has 1 amide bonds. The van der Waals surface area contributed by atoms with Crippen LogP contribution >= 0.6 is 0 Å². The quantitative estimate of drug-likeness (QED) is 0.889. The first-order valence-corrected chi connectivity index (χ1v) is 6.80. The van der Waals surface area contributed by atoms with Crippen LogP contribution in [0.5, 0.6) is 0 Å². The van der Waals surface area contributed by atoms with E-state index < -0.39 is 0 Å². The van der Waals surface area contributed by atoms with Crippen LogP contribution in [0.15, 0.2) is 42.6 Å². The van der Waals surface area contributed by atoms with Gasteiger partial charge in [0.1, 0.15) is 11.5 Å². The summed E-state index contributed by atoms with van der Waals surface area (Å²) in [6, 6.07) is 10.1. The van der Waals surface area contributed by atoms with Gasteiger partial charge in [-0.15, -0.1) is 0 Å². The van der Waals surface area contributed by atoms with Gasteiger partial charge >= 0.3 is 0 Å². The third-order valence-corrected chi connectivity index (χ3v) is 2.85. The molecule has 0 aliphatic rings. The lowest BCUT2D eigenvalue weighted by Crippen LogP contribution is -2.24. The van der Waals surface area contributed by atoms with Crippen molar-refractivity contribution >= 4 is 11.6 Å². The molecule has 0 spiro atoms. The maximum atomic E-state index is 13.4. The first kappa shape index (κ1) is 15.0. The topological polar surface area (TPSA) is 54.0 Å². The summed E-state index contributed by atoms with van der Waals surface area (Å²) in [5, 5.41) is 5.85. The number of hydrogen-bond donors (Lipinski definition) is 2. The first-order chi connectivity index (χ1) is 10.1. The number of carbonyl (C=O) groups is 1. The van der Waals surface area contributed by atoms with Crippen LogP contribution in [0.25, 0.3) is 0 Å². The lowest BCUT2D eigenvalue weighted by molar-refractivity contribution is 0.0945. The molecule has 0 bridgehead atoms. The Bertz CT molecular complexity index is 611. The summed E-state index contributed by atoms with van der Waals surface area (Å²) in [6.45, 7) is 4.18. The fourth-order valence-corrected chi connectivity index (χ4v) is 1.85. The van der Waals surface area contributed by atoms with Crippen molar-refractivity contribution < 1.29 is 9.18 Å². The van der Waals surface area contributed by atoms with E-state index in [1.807, 2.05) is 13.8 Å². The second-order valence-corrected chi connectivity index (χ2v) is 5.01. The predicted octanol–water partition coefficient (Wildman–Crippen LogP) is 2.97. The van der Waals surface area contributed by atoms with Crippen molar-refractivity contribution in [3.8, 4) is 0 Å². The summed E-state index contributed by atoms with van der Waals surface area (Å²) in [6.07, 6.45) is 1.61.